The summed E-state index contributed by atoms with van der Waals surface area (Å²) in [7, 11) is 0. The molecule has 0 bridgehead atoms. The molecule has 0 saturated carbocycles. The van der Waals surface area contributed by atoms with E-state index in [1.807, 2.05) is 13.8 Å². The van der Waals surface area contributed by atoms with Crippen molar-refractivity contribution >= 4 is 44.9 Å². The largest absolute Gasteiger partial charge is 0.294 e. The second kappa shape index (κ2) is 6.95. The van der Waals surface area contributed by atoms with Crippen molar-refractivity contribution in [2.75, 3.05) is 0 Å². The molecule has 1 heterocycles. The van der Waals surface area contributed by atoms with E-state index in [2.05, 4.69) is 21.0 Å². The molecule has 2 rings (SSSR count). The minimum absolute atomic E-state index is 0.0384. The van der Waals surface area contributed by atoms with Gasteiger partial charge in [-0.1, -0.05) is 46.1 Å². The van der Waals surface area contributed by atoms with Crippen LogP contribution in [0.15, 0.2) is 22.7 Å². The third-order valence-electron chi connectivity index (χ3n) is 3.25. The van der Waals surface area contributed by atoms with Crippen LogP contribution in [0.3, 0.4) is 0 Å². The van der Waals surface area contributed by atoms with Crippen molar-refractivity contribution in [3.05, 3.63) is 49.7 Å². The van der Waals surface area contributed by atoms with E-state index >= 15 is 0 Å². The first-order valence-corrected chi connectivity index (χ1v) is 8.25. The van der Waals surface area contributed by atoms with Gasteiger partial charge >= 0.3 is 0 Å². The summed E-state index contributed by atoms with van der Waals surface area (Å²) >= 11 is 15.7. The van der Waals surface area contributed by atoms with Crippen LogP contribution in [0.4, 0.5) is 0 Å². The van der Waals surface area contributed by atoms with Gasteiger partial charge in [-0.3, -0.25) is 9.48 Å². The predicted octanol–water partition coefficient (Wildman–Crippen LogP) is 4.96. The zero-order chi connectivity index (χ0) is 15.6. The summed E-state index contributed by atoms with van der Waals surface area (Å²) in [6, 6.07) is 5.17. The highest BCUT2D eigenvalue weighted by molar-refractivity contribution is 9.10. The number of carbonyl (C=O) groups excluding carboxylic acids is 1. The zero-order valence-electron chi connectivity index (χ0n) is 11.8. The Kier molecular flexibility index (Phi) is 5.47. The van der Waals surface area contributed by atoms with Gasteiger partial charge in [0, 0.05) is 21.6 Å². The summed E-state index contributed by atoms with van der Waals surface area (Å²) in [6.45, 7) is 4.65. The van der Waals surface area contributed by atoms with Crippen molar-refractivity contribution in [3.8, 4) is 0 Å². The number of benzene rings is 1. The Balaban J connectivity index is 2.35. The fourth-order valence-electron chi connectivity index (χ4n) is 2.14. The molecule has 0 amide bonds. The molecular weight excluding hydrogens is 375 g/mol. The first kappa shape index (κ1) is 16.5. The van der Waals surface area contributed by atoms with Gasteiger partial charge in [-0.05, 0) is 31.5 Å². The summed E-state index contributed by atoms with van der Waals surface area (Å²) in [5.74, 6) is -0.0384. The van der Waals surface area contributed by atoms with Crippen LogP contribution in [0.1, 0.15) is 35.6 Å². The SMILES string of the molecule is CCc1nn(CC)c(CC(=O)c2cc(Cl)ccc2Br)c1Cl. The first-order chi connectivity index (χ1) is 9.97. The fraction of sp³-hybridized carbons (Fsp3) is 0.333. The van der Waals surface area contributed by atoms with E-state index in [0.29, 0.717) is 22.2 Å². The lowest BCUT2D eigenvalue weighted by Gasteiger charge is -2.07. The monoisotopic (exact) mass is 388 g/mol. The highest BCUT2D eigenvalue weighted by atomic mass is 79.9. The molecule has 0 N–H and O–H groups in total. The Hall–Kier alpha value is -0.840. The molecule has 0 aliphatic rings. The van der Waals surface area contributed by atoms with Gasteiger partial charge in [0.05, 0.1) is 22.8 Å². The summed E-state index contributed by atoms with van der Waals surface area (Å²) < 4.78 is 2.52. The standard InChI is InChI=1S/C15H15BrCl2N2O/c1-3-12-15(18)13(20(4-2)19-12)8-14(21)10-7-9(17)5-6-11(10)16/h5-7H,3-4,8H2,1-2H3. The van der Waals surface area contributed by atoms with Gasteiger partial charge in [-0.25, -0.2) is 0 Å². The van der Waals surface area contributed by atoms with Crippen LogP contribution in [-0.4, -0.2) is 15.6 Å². The van der Waals surface area contributed by atoms with Crippen molar-refractivity contribution in [2.45, 2.75) is 33.2 Å². The van der Waals surface area contributed by atoms with E-state index in [-0.39, 0.29) is 12.2 Å². The molecule has 3 nitrogen and oxygen atoms in total. The number of ketones is 1. The average molecular weight is 390 g/mol. The van der Waals surface area contributed by atoms with E-state index in [4.69, 9.17) is 23.2 Å². The van der Waals surface area contributed by atoms with Gasteiger partial charge in [0.1, 0.15) is 0 Å². The molecule has 6 heteroatoms. The first-order valence-electron chi connectivity index (χ1n) is 6.70. The number of hydrogen-bond acceptors (Lipinski definition) is 2. The number of aromatic nitrogens is 2. The maximum atomic E-state index is 12.5. The Bertz CT molecular complexity index is 683. The van der Waals surface area contributed by atoms with Crippen LogP contribution >= 0.6 is 39.1 Å². The molecular formula is C15H15BrCl2N2O. The smallest absolute Gasteiger partial charge is 0.170 e. The van der Waals surface area contributed by atoms with Crippen LogP contribution in [0, 0.1) is 0 Å². The lowest BCUT2D eigenvalue weighted by atomic mass is 10.1. The summed E-state index contributed by atoms with van der Waals surface area (Å²) in [5, 5.41) is 5.55. The molecule has 0 aliphatic carbocycles. The molecule has 112 valence electrons. The van der Waals surface area contributed by atoms with Crippen LogP contribution in [0.25, 0.3) is 0 Å². The van der Waals surface area contributed by atoms with Gasteiger partial charge in [0.15, 0.2) is 5.78 Å². The zero-order valence-corrected chi connectivity index (χ0v) is 14.9. The molecule has 0 aliphatic heterocycles. The molecule has 2 aromatic rings. The molecule has 0 fully saturated rings. The van der Waals surface area contributed by atoms with Crippen molar-refractivity contribution in [1.82, 2.24) is 9.78 Å². The molecule has 0 radical (unpaired) electrons. The molecule has 0 atom stereocenters. The van der Waals surface area contributed by atoms with Gasteiger partial charge < -0.3 is 0 Å². The van der Waals surface area contributed by atoms with Crippen LogP contribution in [-0.2, 0) is 19.4 Å². The molecule has 1 aromatic carbocycles. The van der Waals surface area contributed by atoms with Gasteiger partial charge in [-0.15, -0.1) is 0 Å². The number of nitrogens with zero attached hydrogens (tertiary/aromatic N) is 2. The third-order valence-corrected chi connectivity index (χ3v) is 4.61. The highest BCUT2D eigenvalue weighted by Crippen LogP contribution is 2.26. The van der Waals surface area contributed by atoms with E-state index in [9.17, 15) is 4.79 Å². The average Bonchev–Trinajstić information content (AvgIpc) is 2.77. The summed E-state index contributed by atoms with van der Waals surface area (Å²) in [6.07, 6.45) is 0.951. The van der Waals surface area contributed by atoms with E-state index in [1.54, 1.807) is 22.9 Å². The number of hydrogen-bond donors (Lipinski definition) is 0. The number of carbonyl (C=O) groups is 1. The highest BCUT2D eigenvalue weighted by Gasteiger charge is 2.19. The second-order valence-corrected chi connectivity index (χ2v) is 6.27. The van der Waals surface area contributed by atoms with Crippen molar-refractivity contribution < 1.29 is 4.79 Å². The fourth-order valence-corrected chi connectivity index (χ4v) is 3.12. The molecule has 21 heavy (non-hydrogen) atoms. The Morgan fingerprint density at radius 2 is 2.05 bits per heavy atom. The van der Waals surface area contributed by atoms with Crippen LogP contribution in [0.5, 0.6) is 0 Å². The minimum Gasteiger partial charge on any atom is -0.294 e. The molecule has 0 unspecified atom stereocenters. The maximum absolute atomic E-state index is 12.5. The van der Waals surface area contributed by atoms with Crippen molar-refractivity contribution in [2.24, 2.45) is 0 Å². The quantitative estimate of drug-likeness (QED) is 0.677. The van der Waals surface area contributed by atoms with Crippen molar-refractivity contribution in [3.63, 3.8) is 0 Å². The summed E-state index contributed by atoms with van der Waals surface area (Å²) in [4.78, 5) is 12.5. The second-order valence-electron chi connectivity index (χ2n) is 4.60. The Morgan fingerprint density at radius 3 is 2.67 bits per heavy atom. The van der Waals surface area contributed by atoms with Crippen LogP contribution < -0.4 is 0 Å². The normalized spacial score (nSPS) is 10.9. The van der Waals surface area contributed by atoms with Gasteiger partial charge in [0.2, 0.25) is 0 Å². The van der Waals surface area contributed by atoms with Gasteiger partial charge in [-0.2, -0.15) is 5.10 Å². The third kappa shape index (κ3) is 3.50. The summed E-state index contributed by atoms with van der Waals surface area (Å²) in [5.41, 5.74) is 2.14. The number of aryl methyl sites for hydroxylation is 2. The van der Waals surface area contributed by atoms with Gasteiger partial charge in [0.25, 0.3) is 0 Å². The Morgan fingerprint density at radius 1 is 1.33 bits per heavy atom. The van der Waals surface area contributed by atoms with E-state index in [0.717, 1.165) is 22.3 Å². The molecule has 0 spiro atoms. The van der Waals surface area contributed by atoms with Crippen LogP contribution in [0.2, 0.25) is 10.0 Å². The lowest BCUT2D eigenvalue weighted by molar-refractivity contribution is 0.0990. The Labute approximate surface area is 142 Å². The number of rotatable bonds is 5. The van der Waals surface area contributed by atoms with Crippen molar-refractivity contribution in [1.29, 1.82) is 0 Å². The number of halogens is 3. The molecule has 1 aromatic heterocycles. The predicted molar refractivity (Wildman–Crippen MR) is 89.5 cm³/mol. The lowest BCUT2D eigenvalue weighted by Crippen LogP contribution is -2.10. The van der Waals surface area contributed by atoms with E-state index < -0.39 is 0 Å². The maximum Gasteiger partial charge on any atom is 0.170 e. The van der Waals surface area contributed by atoms with E-state index in [1.165, 1.54) is 0 Å². The molecule has 0 saturated heterocycles. The number of Topliss-reactive ketones (excluding diaryl/α,β-unsaturated/α-hetero) is 1. The minimum atomic E-state index is -0.0384. The topological polar surface area (TPSA) is 34.9 Å².